The average Bonchev–Trinajstić information content (AvgIpc) is 2.69. The molecule has 2 aliphatic carbocycles. The minimum Gasteiger partial charge on any atom is -0.319 e. The molecule has 26 heavy (non-hydrogen) atoms. The van der Waals surface area contributed by atoms with Crippen molar-refractivity contribution in [2.24, 2.45) is 11.8 Å². The molecule has 2 saturated carbocycles. The topological polar surface area (TPSA) is 12.0 Å². The molecule has 152 valence electrons. The van der Waals surface area contributed by atoms with Crippen LogP contribution in [0.15, 0.2) is 0 Å². The Morgan fingerprint density at radius 2 is 1.31 bits per heavy atom. The van der Waals surface area contributed by atoms with Crippen molar-refractivity contribution < 1.29 is 4.48 Å². The van der Waals surface area contributed by atoms with Gasteiger partial charge in [-0.15, -0.1) is 0 Å². The predicted octanol–water partition coefficient (Wildman–Crippen LogP) is 5.90. The highest BCUT2D eigenvalue weighted by Crippen LogP contribution is 2.42. The summed E-state index contributed by atoms with van der Waals surface area (Å²) >= 11 is 0. The minimum atomic E-state index is 0.786. The maximum Gasteiger partial charge on any atom is 0.0920 e. The van der Waals surface area contributed by atoms with Gasteiger partial charge in [0.05, 0.1) is 25.2 Å². The second-order valence-corrected chi connectivity index (χ2v) is 10.1. The summed E-state index contributed by atoms with van der Waals surface area (Å²) < 4.78 is 1.44. The molecule has 0 aromatic heterocycles. The van der Waals surface area contributed by atoms with Crippen molar-refractivity contribution in [3.05, 3.63) is 0 Å². The minimum absolute atomic E-state index is 0.786. The number of nitrogens with one attached hydrogen (secondary N) is 1. The van der Waals surface area contributed by atoms with Gasteiger partial charge in [-0.2, -0.15) is 0 Å². The lowest BCUT2D eigenvalue weighted by atomic mass is 9.74. The Labute approximate surface area is 164 Å². The normalized spacial score (nSPS) is 42.0. The van der Waals surface area contributed by atoms with E-state index in [0.29, 0.717) is 0 Å². The van der Waals surface area contributed by atoms with Crippen molar-refractivity contribution in [2.75, 3.05) is 13.1 Å². The average molecular weight is 364 g/mol. The number of fused-ring (bicyclic) bond motifs is 2. The molecule has 0 aromatic rings. The van der Waals surface area contributed by atoms with Gasteiger partial charge in [0.25, 0.3) is 0 Å². The van der Waals surface area contributed by atoms with E-state index in [1.165, 1.54) is 94.6 Å². The molecular formula is C24H47N2+. The summed E-state index contributed by atoms with van der Waals surface area (Å²) in [5.74, 6) is 2.09. The quantitative estimate of drug-likeness (QED) is 0.602. The number of rotatable bonds is 2. The molecule has 2 nitrogen and oxygen atoms in total. The van der Waals surface area contributed by atoms with Gasteiger partial charge < -0.3 is 9.80 Å². The summed E-state index contributed by atoms with van der Waals surface area (Å²) in [7, 11) is 0. The predicted molar refractivity (Wildman–Crippen MR) is 113 cm³/mol. The zero-order chi connectivity index (χ0) is 18.6. The van der Waals surface area contributed by atoms with Crippen molar-refractivity contribution in [1.29, 1.82) is 0 Å². The van der Waals surface area contributed by atoms with Crippen LogP contribution in [0.5, 0.6) is 0 Å². The van der Waals surface area contributed by atoms with Crippen LogP contribution in [0.4, 0.5) is 0 Å². The molecule has 6 unspecified atom stereocenters. The zero-order valence-corrected chi connectivity index (χ0v) is 18.3. The standard InChI is InChI=1S/C14H28N.C10H19N/c1-4-15(5-2)12(3)10-11-13-8-6-7-9-14(13)15;1-8-6-7-9-4-2-3-5-10(9)11-8/h12-14H,4-11H2,1-3H3;8-11H,2-7H2,1H3/q+1;. The van der Waals surface area contributed by atoms with Gasteiger partial charge in [0.2, 0.25) is 0 Å². The van der Waals surface area contributed by atoms with Gasteiger partial charge in [0.15, 0.2) is 0 Å². The molecule has 0 spiro atoms. The number of likely N-dealkylation sites (tertiary alicyclic amines) is 1. The number of nitrogens with zero attached hydrogens (tertiary/aromatic N) is 1. The van der Waals surface area contributed by atoms with Crippen molar-refractivity contribution in [1.82, 2.24) is 5.32 Å². The summed E-state index contributed by atoms with van der Waals surface area (Å²) in [4.78, 5) is 0. The van der Waals surface area contributed by atoms with Crippen LogP contribution in [-0.2, 0) is 0 Å². The second-order valence-electron chi connectivity index (χ2n) is 10.1. The van der Waals surface area contributed by atoms with Gasteiger partial charge in [0.1, 0.15) is 0 Å². The van der Waals surface area contributed by atoms with Crippen LogP contribution in [0.1, 0.15) is 105 Å². The van der Waals surface area contributed by atoms with E-state index in [-0.39, 0.29) is 0 Å². The molecule has 4 fully saturated rings. The lowest BCUT2D eigenvalue weighted by Gasteiger charge is -2.55. The maximum atomic E-state index is 3.72. The first kappa shape index (κ1) is 20.6. The Morgan fingerprint density at radius 3 is 2.04 bits per heavy atom. The maximum absolute atomic E-state index is 3.72. The van der Waals surface area contributed by atoms with Gasteiger partial charge in [-0.1, -0.05) is 19.3 Å². The van der Waals surface area contributed by atoms with Crippen LogP contribution in [0, 0.1) is 11.8 Å². The molecule has 0 radical (unpaired) electrons. The highest BCUT2D eigenvalue weighted by Gasteiger charge is 2.47. The van der Waals surface area contributed by atoms with E-state index in [0.717, 1.165) is 36.0 Å². The van der Waals surface area contributed by atoms with Crippen molar-refractivity contribution in [3.63, 3.8) is 0 Å². The molecule has 4 aliphatic rings. The highest BCUT2D eigenvalue weighted by atomic mass is 15.4. The first-order valence-electron chi connectivity index (χ1n) is 12.2. The Bertz CT molecular complexity index is 416. The fraction of sp³-hybridized carbons (Fsp3) is 1.00. The largest absolute Gasteiger partial charge is 0.319 e. The van der Waals surface area contributed by atoms with Crippen LogP contribution in [0.25, 0.3) is 0 Å². The Hall–Kier alpha value is -0.0800. The Morgan fingerprint density at radius 1 is 0.692 bits per heavy atom. The number of piperidine rings is 2. The molecule has 0 amide bonds. The molecule has 0 aromatic carbocycles. The summed E-state index contributed by atoms with van der Waals surface area (Å²) in [5.41, 5.74) is 0. The Balaban J connectivity index is 0.000000158. The van der Waals surface area contributed by atoms with Gasteiger partial charge in [-0.25, -0.2) is 0 Å². The molecule has 0 bridgehead atoms. The zero-order valence-electron chi connectivity index (χ0n) is 18.3. The third-order valence-corrected chi connectivity index (χ3v) is 8.92. The summed E-state index contributed by atoms with van der Waals surface area (Å²) in [5, 5.41) is 3.72. The second kappa shape index (κ2) is 9.41. The smallest absolute Gasteiger partial charge is 0.0920 e. The molecule has 2 saturated heterocycles. The molecular weight excluding hydrogens is 316 g/mol. The van der Waals surface area contributed by atoms with E-state index < -0.39 is 0 Å². The summed E-state index contributed by atoms with van der Waals surface area (Å²) in [6.45, 7) is 12.4. The number of quaternary nitrogens is 1. The van der Waals surface area contributed by atoms with Gasteiger partial charge in [-0.3, -0.25) is 0 Å². The van der Waals surface area contributed by atoms with Crippen LogP contribution >= 0.6 is 0 Å². The molecule has 6 atom stereocenters. The van der Waals surface area contributed by atoms with E-state index in [1.807, 2.05) is 0 Å². The van der Waals surface area contributed by atoms with Gasteiger partial charge in [-0.05, 0) is 91.4 Å². The van der Waals surface area contributed by atoms with Crippen LogP contribution in [0.2, 0.25) is 0 Å². The fourth-order valence-corrected chi connectivity index (χ4v) is 7.24. The summed E-state index contributed by atoms with van der Waals surface area (Å²) in [6, 6.07) is 3.60. The monoisotopic (exact) mass is 363 g/mol. The molecule has 2 heteroatoms. The van der Waals surface area contributed by atoms with E-state index in [1.54, 1.807) is 0 Å². The number of hydrogen-bond donors (Lipinski definition) is 1. The van der Waals surface area contributed by atoms with Crippen LogP contribution in [0.3, 0.4) is 0 Å². The first-order chi connectivity index (χ1) is 12.6. The summed E-state index contributed by atoms with van der Waals surface area (Å²) in [6.07, 6.45) is 17.8. The van der Waals surface area contributed by atoms with Gasteiger partial charge in [0, 0.05) is 18.0 Å². The van der Waals surface area contributed by atoms with Crippen molar-refractivity contribution >= 4 is 0 Å². The third-order valence-electron chi connectivity index (χ3n) is 8.92. The molecule has 4 rings (SSSR count). The van der Waals surface area contributed by atoms with Crippen LogP contribution < -0.4 is 5.32 Å². The van der Waals surface area contributed by atoms with Crippen molar-refractivity contribution in [3.8, 4) is 0 Å². The highest BCUT2D eigenvalue weighted by molar-refractivity contribution is 4.87. The van der Waals surface area contributed by atoms with E-state index in [9.17, 15) is 0 Å². The Kier molecular flexibility index (Phi) is 7.48. The van der Waals surface area contributed by atoms with E-state index in [2.05, 4.69) is 33.0 Å². The third kappa shape index (κ3) is 4.32. The molecule has 2 aliphatic heterocycles. The van der Waals surface area contributed by atoms with Crippen LogP contribution in [-0.4, -0.2) is 41.7 Å². The van der Waals surface area contributed by atoms with E-state index in [4.69, 9.17) is 0 Å². The van der Waals surface area contributed by atoms with E-state index >= 15 is 0 Å². The first-order valence-corrected chi connectivity index (χ1v) is 12.2. The number of hydrogen-bond acceptors (Lipinski definition) is 1. The SMILES string of the molecule is CC1CCC2CCCCC2N1.CC[N+]1(CC)C(C)CCC2CCCCC21. The fourth-order valence-electron chi connectivity index (χ4n) is 7.24. The van der Waals surface area contributed by atoms with Crippen molar-refractivity contribution in [2.45, 2.75) is 129 Å². The lowest BCUT2D eigenvalue weighted by Crippen LogP contribution is -2.65. The molecule has 1 N–H and O–H groups in total. The lowest BCUT2D eigenvalue weighted by molar-refractivity contribution is -0.978. The van der Waals surface area contributed by atoms with Gasteiger partial charge >= 0.3 is 0 Å². The molecule has 2 heterocycles.